The van der Waals surface area contributed by atoms with Crippen LogP contribution in [-0.4, -0.2) is 12.4 Å². The third-order valence-electron chi connectivity index (χ3n) is 1.76. The van der Waals surface area contributed by atoms with Crippen LogP contribution in [0.3, 0.4) is 0 Å². The maximum atomic E-state index is 12.0. The number of hydrogen-bond acceptors (Lipinski definition) is 3. The first-order valence-electron chi connectivity index (χ1n) is 4.15. The largest absolute Gasteiger partial charge is 0.433 e. The number of carbonyl (C=O) groups is 1. The van der Waals surface area contributed by atoms with Crippen molar-refractivity contribution in [3.05, 3.63) is 28.3 Å². The minimum atomic E-state index is -3.06. The van der Waals surface area contributed by atoms with Gasteiger partial charge in [0, 0.05) is 5.56 Å². The number of ether oxygens (including phenoxy) is 1. The van der Waals surface area contributed by atoms with E-state index in [0.717, 1.165) is 6.07 Å². The highest BCUT2D eigenvalue weighted by molar-refractivity contribution is 6.35. The van der Waals surface area contributed by atoms with E-state index in [1.165, 1.54) is 13.0 Å². The number of alkyl halides is 2. The molecule has 0 amide bonds. The molecule has 0 aliphatic carbocycles. The lowest BCUT2D eigenvalue weighted by atomic mass is 10.1. The number of nitrogens with zero attached hydrogens (tertiary/aromatic N) is 1. The second-order valence-electron chi connectivity index (χ2n) is 2.88. The first kappa shape index (κ1) is 12.4. The van der Waals surface area contributed by atoms with Gasteiger partial charge in [-0.25, -0.2) is 0 Å². The molecule has 84 valence electrons. The average Bonchev–Trinajstić information content (AvgIpc) is 2.19. The van der Waals surface area contributed by atoms with Crippen LogP contribution in [0.1, 0.15) is 22.8 Å². The van der Waals surface area contributed by atoms with Crippen molar-refractivity contribution < 1.29 is 18.3 Å². The zero-order chi connectivity index (χ0) is 12.3. The molecule has 0 aromatic heterocycles. The first-order valence-corrected chi connectivity index (χ1v) is 4.53. The molecule has 0 radical (unpaired) electrons. The summed E-state index contributed by atoms with van der Waals surface area (Å²) in [5.74, 6) is -0.804. The van der Waals surface area contributed by atoms with E-state index in [1.54, 1.807) is 6.07 Å². The Morgan fingerprint density at radius 3 is 2.62 bits per heavy atom. The van der Waals surface area contributed by atoms with E-state index in [9.17, 15) is 13.6 Å². The van der Waals surface area contributed by atoms with Gasteiger partial charge < -0.3 is 4.74 Å². The van der Waals surface area contributed by atoms with Gasteiger partial charge in [0.05, 0.1) is 16.7 Å². The van der Waals surface area contributed by atoms with E-state index in [0.29, 0.717) is 0 Å². The fourth-order valence-corrected chi connectivity index (χ4v) is 1.39. The van der Waals surface area contributed by atoms with Crippen LogP contribution in [0.4, 0.5) is 8.78 Å². The van der Waals surface area contributed by atoms with E-state index in [2.05, 4.69) is 4.74 Å². The van der Waals surface area contributed by atoms with Crippen LogP contribution < -0.4 is 4.74 Å². The van der Waals surface area contributed by atoms with Crippen molar-refractivity contribution in [2.45, 2.75) is 13.5 Å². The molecule has 1 rings (SSSR count). The third kappa shape index (κ3) is 2.67. The number of hydrogen-bond donors (Lipinski definition) is 0. The van der Waals surface area contributed by atoms with Crippen LogP contribution in [0, 0.1) is 11.3 Å². The lowest BCUT2D eigenvalue weighted by molar-refractivity contribution is -0.0498. The van der Waals surface area contributed by atoms with E-state index >= 15 is 0 Å². The number of benzene rings is 1. The molecule has 1 aromatic carbocycles. The normalized spacial score (nSPS) is 10.0. The van der Waals surface area contributed by atoms with Crippen molar-refractivity contribution in [2.24, 2.45) is 0 Å². The lowest BCUT2D eigenvalue weighted by Crippen LogP contribution is -2.05. The number of carbonyl (C=O) groups excluding carboxylic acids is 1. The zero-order valence-electron chi connectivity index (χ0n) is 8.13. The molecule has 6 heteroatoms. The Balaban J connectivity index is 3.32. The van der Waals surface area contributed by atoms with E-state index < -0.39 is 12.4 Å². The number of ketones is 1. The molecular weight excluding hydrogens is 240 g/mol. The van der Waals surface area contributed by atoms with Crippen LogP contribution >= 0.6 is 11.6 Å². The Kier molecular flexibility index (Phi) is 3.80. The predicted octanol–water partition coefficient (Wildman–Crippen LogP) is 3.02. The summed E-state index contributed by atoms with van der Waals surface area (Å²) in [5.41, 5.74) is 0.0154. The van der Waals surface area contributed by atoms with Crippen LogP contribution in [0.5, 0.6) is 5.75 Å². The van der Waals surface area contributed by atoms with Crippen molar-refractivity contribution in [3.63, 3.8) is 0 Å². The van der Waals surface area contributed by atoms with Gasteiger partial charge in [0.1, 0.15) is 5.75 Å². The number of nitriles is 1. The summed E-state index contributed by atoms with van der Waals surface area (Å²) in [4.78, 5) is 11.1. The SMILES string of the molecule is CC(=O)c1cc(C#N)cc(OC(F)F)c1Cl. The van der Waals surface area contributed by atoms with Gasteiger partial charge in [0.25, 0.3) is 0 Å². The van der Waals surface area contributed by atoms with Crippen molar-refractivity contribution in [1.82, 2.24) is 0 Å². The maximum absolute atomic E-state index is 12.0. The minimum absolute atomic E-state index is 0.0173. The van der Waals surface area contributed by atoms with Crippen LogP contribution in [0.15, 0.2) is 12.1 Å². The molecular formula is C10H6ClF2NO2. The summed E-state index contributed by atoms with van der Waals surface area (Å²) in [6.45, 7) is -1.85. The van der Waals surface area contributed by atoms with Gasteiger partial charge in [-0.1, -0.05) is 11.6 Å². The quantitative estimate of drug-likeness (QED) is 0.769. The summed E-state index contributed by atoms with van der Waals surface area (Å²) in [6.07, 6.45) is 0. The predicted molar refractivity (Wildman–Crippen MR) is 52.8 cm³/mol. The zero-order valence-corrected chi connectivity index (χ0v) is 8.89. The van der Waals surface area contributed by atoms with Gasteiger partial charge in [-0.05, 0) is 19.1 Å². The smallest absolute Gasteiger partial charge is 0.387 e. The van der Waals surface area contributed by atoms with Gasteiger partial charge in [-0.3, -0.25) is 4.79 Å². The number of rotatable bonds is 3. The second-order valence-corrected chi connectivity index (χ2v) is 3.26. The van der Waals surface area contributed by atoms with Gasteiger partial charge in [0.2, 0.25) is 0 Å². The first-order chi connectivity index (χ1) is 7.45. The molecule has 0 saturated carbocycles. The molecule has 0 fully saturated rings. The van der Waals surface area contributed by atoms with Crippen LogP contribution in [0.2, 0.25) is 5.02 Å². The summed E-state index contributed by atoms with van der Waals surface area (Å²) >= 11 is 5.69. The summed E-state index contributed by atoms with van der Waals surface area (Å²) in [6, 6.07) is 4.01. The topological polar surface area (TPSA) is 50.1 Å². The summed E-state index contributed by atoms with van der Waals surface area (Å²) < 4.78 is 28.2. The van der Waals surface area contributed by atoms with E-state index in [4.69, 9.17) is 16.9 Å². The summed E-state index contributed by atoms with van der Waals surface area (Å²) in [7, 11) is 0. The molecule has 0 saturated heterocycles. The highest BCUT2D eigenvalue weighted by Gasteiger charge is 2.16. The average molecular weight is 246 g/mol. The number of Topliss-reactive ketones (excluding diaryl/α,β-unsaturated/α-hetero) is 1. The Morgan fingerprint density at radius 2 is 2.19 bits per heavy atom. The van der Waals surface area contributed by atoms with Gasteiger partial charge >= 0.3 is 6.61 Å². The molecule has 3 nitrogen and oxygen atoms in total. The fourth-order valence-electron chi connectivity index (χ4n) is 1.10. The van der Waals surface area contributed by atoms with Gasteiger partial charge in [-0.15, -0.1) is 0 Å². The van der Waals surface area contributed by atoms with Crippen molar-refractivity contribution in [3.8, 4) is 11.8 Å². The monoisotopic (exact) mass is 245 g/mol. The Labute approximate surface area is 95.2 Å². The highest BCUT2D eigenvalue weighted by atomic mass is 35.5. The molecule has 0 heterocycles. The maximum Gasteiger partial charge on any atom is 0.387 e. The van der Waals surface area contributed by atoms with Gasteiger partial charge in [0.15, 0.2) is 5.78 Å². The minimum Gasteiger partial charge on any atom is -0.433 e. The molecule has 0 atom stereocenters. The highest BCUT2D eigenvalue weighted by Crippen LogP contribution is 2.31. The van der Waals surface area contributed by atoms with E-state index in [1.807, 2.05) is 0 Å². The Morgan fingerprint density at radius 1 is 1.56 bits per heavy atom. The third-order valence-corrected chi connectivity index (χ3v) is 2.15. The van der Waals surface area contributed by atoms with Crippen molar-refractivity contribution in [2.75, 3.05) is 0 Å². The van der Waals surface area contributed by atoms with Crippen molar-refractivity contribution >= 4 is 17.4 Å². The standard InChI is InChI=1S/C10H6ClF2NO2/c1-5(15)7-2-6(4-14)3-8(9(7)11)16-10(12)13/h2-3,10H,1H3. The lowest BCUT2D eigenvalue weighted by Gasteiger charge is -2.09. The summed E-state index contributed by atoms with van der Waals surface area (Å²) in [5, 5.41) is 8.43. The Bertz CT molecular complexity index is 469. The molecule has 0 spiro atoms. The molecule has 0 unspecified atom stereocenters. The second kappa shape index (κ2) is 4.90. The molecule has 0 N–H and O–H groups in total. The molecule has 16 heavy (non-hydrogen) atoms. The number of halogens is 3. The molecule has 0 aliphatic rings. The van der Waals surface area contributed by atoms with Crippen molar-refractivity contribution in [1.29, 1.82) is 5.26 Å². The molecule has 0 aliphatic heterocycles. The Hall–Kier alpha value is -1.67. The van der Waals surface area contributed by atoms with Crippen LogP contribution in [0.25, 0.3) is 0 Å². The molecule has 0 bridgehead atoms. The van der Waals surface area contributed by atoms with Gasteiger partial charge in [-0.2, -0.15) is 14.0 Å². The fraction of sp³-hybridized carbons (Fsp3) is 0.200. The van der Waals surface area contributed by atoms with Crippen LogP contribution in [-0.2, 0) is 0 Å². The van der Waals surface area contributed by atoms with E-state index in [-0.39, 0.29) is 21.9 Å². The molecule has 1 aromatic rings.